The Morgan fingerprint density at radius 1 is 1.18 bits per heavy atom. The molecule has 0 saturated heterocycles. The smallest absolute Gasteiger partial charge is 0.416 e. The van der Waals surface area contributed by atoms with Crippen LogP contribution in [0.1, 0.15) is 47.0 Å². The molecule has 33 heavy (non-hydrogen) atoms. The van der Waals surface area contributed by atoms with Crippen LogP contribution in [0, 0.1) is 6.92 Å². The minimum absolute atomic E-state index is 0.181. The van der Waals surface area contributed by atoms with Crippen LogP contribution in [0.2, 0.25) is 0 Å². The van der Waals surface area contributed by atoms with E-state index in [0.717, 1.165) is 33.8 Å². The third-order valence-electron chi connectivity index (χ3n) is 4.90. The lowest BCUT2D eigenvalue weighted by molar-refractivity contribution is -0.139. The minimum Gasteiger partial charge on any atom is -0.482 e. The highest BCUT2D eigenvalue weighted by Gasteiger charge is 2.30. The molecule has 0 aliphatic rings. The lowest BCUT2D eigenvalue weighted by Crippen LogP contribution is -2.10. The number of hydrogen-bond acceptors (Lipinski definition) is 4. The molecule has 1 aromatic heterocycles. The van der Waals surface area contributed by atoms with Crippen LogP contribution in [0.15, 0.2) is 48.5 Å². The fourth-order valence-electron chi connectivity index (χ4n) is 3.27. The summed E-state index contributed by atoms with van der Waals surface area (Å²) in [5, 5.41) is 9.44. The molecule has 0 saturated carbocycles. The highest BCUT2D eigenvalue weighted by Crippen LogP contribution is 2.35. The third-order valence-corrected chi connectivity index (χ3v) is 6.04. The van der Waals surface area contributed by atoms with Crippen molar-refractivity contribution in [1.29, 1.82) is 0 Å². The summed E-state index contributed by atoms with van der Waals surface area (Å²) >= 11 is 1.49. The Morgan fingerprint density at radius 3 is 2.45 bits per heavy atom. The Balaban J connectivity index is 1.76. The Bertz CT molecular complexity index is 1150. The molecule has 0 amide bonds. The van der Waals surface area contributed by atoms with Gasteiger partial charge in [-0.25, -0.2) is 9.78 Å². The van der Waals surface area contributed by atoms with Gasteiger partial charge in [-0.1, -0.05) is 44.2 Å². The minimum atomic E-state index is -4.36. The van der Waals surface area contributed by atoms with Crippen molar-refractivity contribution in [1.82, 2.24) is 4.98 Å². The van der Waals surface area contributed by atoms with Crippen LogP contribution >= 0.6 is 11.3 Å². The average Bonchev–Trinajstić information content (AvgIpc) is 3.17. The van der Waals surface area contributed by atoms with E-state index in [4.69, 9.17) is 14.8 Å². The highest BCUT2D eigenvalue weighted by atomic mass is 32.1. The maximum Gasteiger partial charge on any atom is 0.416 e. The second-order valence-electron chi connectivity index (χ2n) is 7.87. The van der Waals surface area contributed by atoms with E-state index in [1.807, 2.05) is 45.1 Å². The van der Waals surface area contributed by atoms with Crippen molar-refractivity contribution in [3.63, 3.8) is 0 Å². The van der Waals surface area contributed by atoms with Gasteiger partial charge < -0.3 is 9.84 Å². The number of allylic oxidation sites excluding steroid dienone is 1. The molecule has 1 N–H and O–H groups in total. The molecule has 0 atom stereocenters. The molecule has 1 heterocycles. The van der Waals surface area contributed by atoms with E-state index in [9.17, 15) is 18.0 Å². The van der Waals surface area contributed by atoms with Crippen LogP contribution in [0.25, 0.3) is 16.6 Å². The van der Waals surface area contributed by atoms with Crippen LogP contribution in [0.3, 0.4) is 0 Å². The number of carboxylic acid groups (broad SMARTS) is 1. The summed E-state index contributed by atoms with van der Waals surface area (Å²) in [6, 6.07) is 10.6. The first-order valence-corrected chi connectivity index (χ1v) is 11.1. The molecular weight excluding hydrogens is 451 g/mol. The number of rotatable bonds is 8. The van der Waals surface area contributed by atoms with Gasteiger partial charge in [-0.3, -0.25) is 0 Å². The Kier molecular flexibility index (Phi) is 7.58. The molecule has 0 aliphatic carbocycles. The van der Waals surface area contributed by atoms with E-state index < -0.39 is 17.7 Å². The van der Waals surface area contributed by atoms with Crippen molar-refractivity contribution in [2.75, 3.05) is 6.61 Å². The summed E-state index contributed by atoms with van der Waals surface area (Å²) in [6.07, 6.45) is 0.263. The quantitative estimate of drug-likeness (QED) is 0.382. The number of ether oxygens (including phenoxy) is 1. The number of thiazole rings is 1. The van der Waals surface area contributed by atoms with Crippen molar-refractivity contribution >= 4 is 23.4 Å². The molecular formula is C25H24F3NO3S. The zero-order chi connectivity index (χ0) is 24.2. The molecule has 0 spiro atoms. The number of aliphatic carboxylic acids is 1. The van der Waals surface area contributed by atoms with Crippen LogP contribution < -0.4 is 4.74 Å². The highest BCUT2D eigenvalue weighted by molar-refractivity contribution is 7.15. The molecule has 0 unspecified atom stereocenters. The second-order valence-corrected chi connectivity index (χ2v) is 8.95. The predicted octanol–water partition coefficient (Wildman–Crippen LogP) is 6.98. The zero-order valence-electron chi connectivity index (χ0n) is 18.4. The van der Waals surface area contributed by atoms with Gasteiger partial charge in [0.05, 0.1) is 11.3 Å². The van der Waals surface area contributed by atoms with Gasteiger partial charge in [0.1, 0.15) is 10.8 Å². The van der Waals surface area contributed by atoms with Gasteiger partial charge >= 0.3 is 12.1 Å². The van der Waals surface area contributed by atoms with Crippen molar-refractivity contribution in [2.24, 2.45) is 0 Å². The fourth-order valence-corrected chi connectivity index (χ4v) is 4.46. The predicted molar refractivity (Wildman–Crippen MR) is 124 cm³/mol. The Hall–Kier alpha value is -3.13. The number of carboxylic acids is 1. The van der Waals surface area contributed by atoms with Gasteiger partial charge in [0.2, 0.25) is 0 Å². The maximum absolute atomic E-state index is 12.8. The number of halogens is 3. The van der Waals surface area contributed by atoms with Crippen molar-refractivity contribution in [2.45, 2.75) is 39.3 Å². The van der Waals surface area contributed by atoms with Crippen molar-refractivity contribution in [3.05, 3.63) is 75.8 Å². The summed E-state index contributed by atoms with van der Waals surface area (Å²) in [6.45, 7) is 5.54. The summed E-state index contributed by atoms with van der Waals surface area (Å²) in [4.78, 5) is 16.4. The lowest BCUT2D eigenvalue weighted by atomic mass is 10.1. The number of alkyl halides is 3. The molecule has 4 nitrogen and oxygen atoms in total. The SMILES string of the molecule is Cc1cc(C=CCc2sc(-c3ccc(C(F)(F)F)cc3)nc2C(C)C)ccc1OCC(=O)O. The number of carbonyl (C=O) groups is 1. The van der Waals surface area contributed by atoms with Gasteiger partial charge in [0.25, 0.3) is 0 Å². The molecule has 3 aromatic rings. The molecule has 0 bridgehead atoms. The normalized spacial score (nSPS) is 12.0. The first-order valence-electron chi connectivity index (χ1n) is 10.3. The van der Waals surface area contributed by atoms with E-state index in [1.165, 1.54) is 23.5 Å². The standard InChI is InChI=1S/C25H24F3NO3S/c1-15(2)23-21(33-24(29-23)18-8-10-19(11-9-18)25(26,27)28)6-4-5-17-7-12-20(16(3)13-17)32-14-22(30)31/h4-5,7-13,15H,6,14H2,1-3H3,(H,30,31). The van der Waals surface area contributed by atoms with Gasteiger partial charge in [-0.15, -0.1) is 11.3 Å². The maximum atomic E-state index is 12.8. The van der Waals surface area contributed by atoms with Gasteiger partial charge in [-0.2, -0.15) is 13.2 Å². The van der Waals surface area contributed by atoms with Crippen molar-refractivity contribution < 1.29 is 27.8 Å². The van der Waals surface area contributed by atoms with Gasteiger partial charge in [0.15, 0.2) is 6.61 Å². The molecule has 3 rings (SSSR count). The van der Waals surface area contributed by atoms with Crippen LogP contribution in [-0.2, 0) is 17.4 Å². The lowest BCUT2D eigenvalue weighted by Gasteiger charge is -2.07. The third kappa shape index (κ3) is 6.44. The zero-order valence-corrected chi connectivity index (χ0v) is 19.3. The van der Waals surface area contributed by atoms with E-state index in [0.29, 0.717) is 22.7 Å². The molecule has 8 heteroatoms. The van der Waals surface area contributed by atoms with E-state index >= 15 is 0 Å². The fraction of sp³-hybridized carbons (Fsp3) is 0.280. The average molecular weight is 476 g/mol. The second kappa shape index (κ2) is 10.2. The van der Waals surface area contributed by atoms with Crippen LogP contribution in [0.4, 0.5) is 13.2 Å². The number of hydrogen-bond donors (Lipinski definition) is 1. The number of nitrogens with zero attached hydrogens (tertiary/aromatic N) is 1. The van der Waals surface area contributed by atoms with E-state index in [1.54, 1.807) is 6.07 Å². The van der Waals surface area contributed by atoms with Gasteiger partial charge in [-0.05, 0) is 48.2 Å². The van der Waals surface area contributed by atoms with E-state index in [-0.39, 0.29) is 12.5 Å². The monoisotopic (exact) mass is 475 g/mol. The first-order chi connectivity index (χ1) is 15.5. The molecule has 0 aliphatic heterocycles. The topological polar surface area (TPSA) is 59.4 Å². The van der Waals surface area contributed by atoms with E-state index in [2.05, 4.69) is 0 Å². The Labute approximate surface area is 194 Å². The summed E-state index contributed by atoms with van der Waals surface area (Å²) in [7, 11) is 0. The summed E-state index contributed by atoms with van der Waals surface area (Å²) in [5.41, 5.74) is 2.72. The van der Waals surface area contributed by atoms with Crippen LogP contribution in [0.5, 0.6) is 5.75 Å². The van der Waals surface area contributed by atoms with Gasteiger partial charge in [0, 0.05) is 16.9 Å². The largest absolute Gasteiger partial charge is 0.482 e. The number of aryl methyl sites for hydroxylation is 1. The molecule has 0 radical (unpaired) electrons. The number of aromatic nitrogens is 1. The summed E-state index contributed by atoms with van der Waals surface area (Å²) in [5.74, 6) is -0.319. The number of benzene rings is 2. The molecule has 0 fully saturated rings. The first kappa shape index (κ1) is 24.5. The van der Waals surface area contributed by atoms with Crippen LogP contribution in [-0.4, -0.2) is 22.7 Å². The summed E-state index contributed by atoms with van der Waals surface area (Å²) < 4.78 is 43.8. The van der Waals surface area contributed by atoms with Crippen molar-refractivity contribution in [3.8, 4) is 16.3 Å². The Morgan fingerprint density at radius 2 is 1.88 bits per heavy atom. The molecule has 174 valence electrons. The molecule has 2 aromatic carbocycles.